The van der Waals surface area contributed by atoms with Gasteiger partial charge in [0, 0.05) is 18.2 Å². The zero-order valence-corrected chi connectivity index (χ0v) is 11.2. The predicted octanol–water partition coefficient (Wildman–Crippen LogP) is 2.70. The third-order valence-electron chi connectivity index (χ3n) is 3.16. The summed E-state index contributed by atoms with van der Waals surface area (Å²) in [5.41, 5.74) is 6.42. The van der Waals surface area contributed by atoms with Crippen molar-refractivity contribution in [2.75, 3.05) is 6.54 Å². The van der Waals surface area contributed by atoms with Crippen molar-refractivity contribution in [1.82, 2.24) is 5.32 Å². The highest BCUT2D eigenvalue weighted by atomic mass is 16.1. The van der Waals surface area contributed by atoms with Gasteiger partial charge < -0.3 is 11.1 Å². The minimum absolute atomic E-state index is 0.0125. The average molecular weight is 256 g/mol. The number of hydrogen-bond acceptors (Lipinski definition) is 2. The SMILES string of the molecule is CC(N)CCCNC(=O)c1cccc2ccccc12. The molecule has 0 aliphatic carbocycles. The molecular weight excluding hydrogens is 236 g/mol. The normalized spacial score (nSPS) is 12.3. The van der Waals surface area contributed by atoms with Gasteiger partial charge in [-0.05, 0) is 36.6 Å². The lowest BCUT2D eigenvalue weighted by molar-refractivity contribution is 0.0954. The fourth-order valence-electron chi connectivity index (χ4n) is 2.14. The van der Waals surface area contributed by atoms with Gasteiger partial charge in [0.05, 0.1) is 0 Å². The first kappa shape index (κ1) is 13.6. The lowest BCUT2D eigenvalue weighted by Gasteiger charge is -2.09. The third-order valence-corrected chi connectivity index (χ3v) is 3.16. The Kier molecular flexibility index (Phi) is 4.53. The van der Waals surface area contributed by atoms with Crippen molar-refractivity contribution in [2.24, 2.45) is 5.73 Å². The first-order chi connectivity index (χ1) is 9.18. The highest BCUT2D eigenvalue weighted by Crippen LogP contribution is 2.18. The Bertz CT molecular complexity index is 558. The smallest absolute Gasteiger partial charge is 0.251 e. The van der Waals surface area contributed by atoms with E-state index in [1.165, 1.54) is 0 Å². The van der Waals surface area contributed by atoms with Gasteiger partial charge in [-0.25, -0.2) is 0 Å². The monoisotopic (exact) mass is 256 g/mol. The second-order valence-corrected chi connectivity index (χ2v) is 4.90. The zero-order chi connectivity index (χ0) is 13.7. The summed E-state index contributed by atoms with van der Waals surface area (Å²) in [4.78, 5) is 12.2. The molecule has 0 aromatic heterocycles. The van der Waals surface area contributed by atoms with E-state index >= 15 is 0 Å². The van der Waals surface area contributed by atoms with Crippen molar-refractivity contribution < 1.29 is 4.79 Å². The third kappa shape index (κ3) is 3.55. The van der Waals surface area contributed by atoms with Crippen LogP contribution in [-0.4, -0.2) is 18.5 Å². The number of nitrogens with two attached hydrogens (primary N) is 1. The molecule has 1 atom stereocenters. The maximum Gasteiger partial charge on any atom is 0.251 e. The molecule has 2 aromatic carbocycles. The van der Waals surface area contributed by atoms with E-state index in [1.807, 2.05) is 49.4 Å². The Labute approximate surface area is 113 Å². The molecule has 3 heteroatoms. The van der Waals surface area contributed by atoms with E-state index in [-0.39, 0.29) is 11.9 Å². The van der Waals surface area contributed by atoms with Crippen LogP contribution in [0.3, 0.4) is 0 Å². The summed E-state index contributed by atoms with van der Waals surface area (Å²) in [5, 5.41) is 5.04. The highest BCUT2D eigenvalue weighted by molar-refractivity contribution is 6.06. The van der Waals surface area contributed by atoms with Crippen LogP contribution >= 0.6 is 0 Å². The van der Waals surface area contributed by atoms with E-state index in [0.29, 0.717) is 6.54 Å². The van der Waals surface area contributed by atoms with Crippen molar-refractivity contribution in [3.8, 4) is 0 Å². The molecule has 0 bridgehead atoms. The molecule has 2 rings (SSSR count). The predicted molar refractivity (Wildman–Crippen MR) is 79.2 cm³/mol. The molecule has 0 saturated carbocycles. The Morgan fingerprint density at radius 1 is 1.21 bits per heavy atom. The van der Waals surface area contributed by atoms with Gasteiger partial charge in [0.25, 0.3) is 5.91 Å². The van der Waals surface area contributed by atoms with Crippen LogP contribution in [0.4, 0.5) is 0 Å². The van der Waals surface area contributed by atoms with Crippen LogP contribution in [0.15, 0.2) is 42.5 Å². The molecule has 0 heterocycles. The van der Waals surface area contributed by atoms with Gasteiger partial charge in [0.2, 0.25) is 0 Å². The van der Waals surface area contributed by atoms with Crippen LogP contribution in [0, 0.1) is 0 Å². The van der Waals surface area contributed by atoms with E-state index in [2.05, 4.69) is 5.32 Å². The molecular formula is C16H20N2O. The molecule has 1 amide bonds. The number of carbonyl (C=O) groups is 1. The fraction of sp³-hybridized carbons (Fsp3) is 0.312. The summed E-state index contributed by atoms with van der Waals surface area (Å²) in [6.45, 7) is 2.65. The minimum Gasteiger partial charge on any atom is -0.352 e. The number of benzene rings is 2. The van der Waals surface area contributed by atoms with Crippen LogP contribution in [0.1, 0.15) is 30.1 Å². The van der Waals surface area contributed by atoms with E-state index in [9.17, 15) is 4.79 Å². The van der Waals surface area contributed by atoms with Crippen molar-refractivity contribution in [1.29, 1.82) is 0 Å². The molecule has 0 aliphatic rings. The molecule has 0 radical (unpaired) electrons. The van der Waals surface area contributed by atoms with E-state index in [0.717, 1.165) is 29.2 Å². The topological polar surface area (TPSA) is 55.1 Å². The van der Waals surface area contributed by atoms with Crippen LogP contribution in [0.25, 0.3) is 10.8 Å². The second-order valence-electron chi connectivity index (χ2n) is 4.90. The molecule has 1 unspecified atom stereocenters. The van der Waals surface area contributed by atoms with Gasteiger partial charge in [-0.1, -0.05) is 36.4 Å². The standard InChI is InChI=1S/C16H20N2O/c1-12(17)6-5-11-18-16(19)15-10-4-8-13-7-2-3-9-14(13)15/h2-4,7-10,12H,5-6,11,17H2,1H3,(H,18,19). The largest absolute Gasteiger partial charge is 0.352 e. The number of rotatable bonds is 5. The number of fused-ring (bicyclic) bond motifs is 1. The number of nitrogens with one attached hydrogen (secondary N) is 1. The lowest BCUT2D eigenvalue weighted by Crippen LogP contribution is -2.26. The van der Waals surface area contributed by atoms with Gasteiger partial charge in [0.15, 0.2) is 0 Å². The molecule has 0 fully saturated rings. The number of amides is 1. The second kappa shape index (κ2) is 6.34. The highest BCUT2D eigenvalue weighted by Gasteiger charge is 2.08. The molecule has 0 saturated heterocycles. The Balaban J connectivity index is 2.05. The summed E-state index contributed by atoms with van der Waals surface area (Å²) in [6, 6.07) is 13.9. The number of hydrogen-bond donors (Lipinski definition) is 2. The van der Waals surface area contributed by atoms with Gasteiger partial charge in [-0.2, -0.15) is 0 Å². The van der Waals surface area contributed by atoms with Crippen molar-refractivity contribution in [3.05, 3.63) is 48.0 Å². The van der Waals surface area contributed by atoms with Crippen molar-refractivity contribution in [3.63, 3.8) is 0 Å². The first-order valence-corrected chi connectivity index (χ1v) is 6.70. The summed E-state index contributed by atoms with van der Waals surface area (Å²) in [6.07, 6.45) is 1.84. The summed E-state index contributed by atoms with van der Waals surface area (Å²) in [7, 11) is 0. The fourth-order valence-corrected chi connectivity index (χ4v) is 2.14. The van der Waals surface area contributed by atoms with Gasteiger partial charge in [-0.15, -0.1) is 0 Å². The van der Waals surface area contributed by atoms with Crippen molar-refractivity contribution >= 4 is 16.7 Å². The van der Waals surface area contributed by atoms with E-state index in [1.54, 1.807) is 0 Å². The number of carbonyl (C=O) groups excluding carboxylic acids is 1. The Morgan fingerprint density at radius 2 is 1.95 bits per heavy atom. The summed E-state index contributed by atoms with van der Waals surface area (Å²) >= 11 is 0. The van der Waals surface area contributed by atoms with Crippen LogP contribution in [0.5, 0.6) is 0 Å². The maximum atomic E-state index is 12.2. The van der Waals surface area contributed by atoms with Crippen LogP contribution < -0.4 is 11.1 Å². The molecule has 2 aromatic rings. The molecule has 3 nitrogen and oxygen atoms in total. The van der Waals surface area contributed by atoms with E-state index < -0.39 is 0 Å². The van der Waals surface area contributed by atoms with Crippen molar-refractivity contribution in [2.45, 2.75) is 25.8 Å². The van der Waals surface area contributed by atoms with Gasteiger partial charge in [-0.3, -0.25) is 4.79 Å². The van der Waals surface area contributed by atoms with Crippen LogP contribution in [0.2, 0.25) is 0 Å². The molecule has 19 heavy (non-hydrogen) atoms. The Morgan fingerprint density at radius 3 is 2.74 bits per heavy atom. The van der Waals surface area contributed by atoms with Gasteiger partial charge in [0.1, 0.15) is 0 Å². The molecule has 3 N–H and O–H groups in total. The Hall–Kier alpha value is -1.87. The zero-order valence-electron chi connectivity index (χ0n) is 11.2. The molecule has 0 aliphatic heterocycles. The minimum atomic E-state index is -0.0125. The van der Waals surface area contributed by atoms with Gasteiger partial charge >= 0.3 is 0 Å². The lowest BCUT2D eigenvalue weighted by atomic mass is 10.0. The maximum absolute atomic E-state index is 12.2. The molecule has 0 spiro atoms. The first-order valence-electron chi connectivity index (χ1n) is 6.70. The summed E-state index contributed by atoms with van der Waals surface area (Å²) in [5.74, 6) is -0.0125. The summed E-state index contributed by atoms with van der Waals surface area (Å²) < 4.78 is 0. The molecule has 100 valence electrons. The van der Waals surface area contributed by atoms with Crippen LogP contribution in [-0.2, 0) is 0 Å². The average Bonchev–Trinajstić information content (AvgIpc) is 2.42. The quantitative estimate of drug-likeness (QED) is 0.808. The van der Waals surface area contributed by atoms with E-state index in [4.69, 9.17) is 5.73 Å².